The van der Waals surface area contributed by atoms with Crippen LogP contribution in [-0.4, -0.2) is 59.1 Å². The van der Waals surface area contributed by atoms with Gasteiger partial charge < -0.3 is 15.1 Å². The number of carbonyl (C=O) groups excluding carboxylic acids is 3. The number of piperazine rings is 1. The Balaban J connectivity index is 1.74. The van der Waals surface area contributed by atoms with Gasteiger partial charge in [0, 0.05) is 43.1 Å². The van der Waals surface area contributed by atoms with E-state index in [0.29, 0.717) is 49.1 Å². The quantitative estimate of drug-likeness (QED) is 0.636. The summed E-state index contributed by atoms with van der Waals surface area (Å²) in [5.41, 5.74) is 2.13. The van der Waals surface area contributed by atoms with Crippen molar-refractivity contribution < 1.29 is 14.4 Å². The number of hydrogen-bond acceptors (Lipinski definition) is 6. The van der Waals surface area contributed by atoms with E-state index in [0.717, 1.165) is 6.41 Å². The second kappa shape index (κ2) is 7.94. The summed E-state index contributed by atoms with van der Waals surface area (Å²) in [6.07, 6.45) is 0.838. The molecule has 2 amide bonds. The largest absolute Gasteiger partial charge is 0.342 e. The van der Waals surface area contributed by atoms with Crippen molar-refractivity contribution in [2.75, 3.05) is 36.4 Å². The van der Waals surface area contributed by atoms with Crippen LogP contribution in [0.2, 0.25) is 0 Å². The summed E-state index contributed by atoms with van der Waals surface area (Å²) in [5.74, 6) is 0.111. The number of amides is 2. The molecule has 3 rings (SSSR count). The third kappa shape index (κ3) is 4.46. The van der Waals surface area contributed by atoms with E-state index in [1.54, 1.807) is 35.2 Å². The molecule has 0 spiro atoms. The number of carbonyl (C=O) groups is 3. The van der Waals surface area contributed by atoms with Gasteiger partial charge in [-0.1, -0.05) is 0 Å². The number of nitrogens with zero attached hydrogens (tertiary/aromatic N) is 4. The van der Waals surface area contributed by atoms with Gasteiger partial charge in [-0.25, -0.2) is 9.97 Å². The highest BCUT2D eigenvalue weighted by molar-refractivity contribution is 6.03. The van der Waals surface area contributed by atoms with Gasteiger partial charge in [-0.2, -0.15) is 0 Å². The Morgan fingerprint density at radius 3 is 2.33 bits per heavy atom. The van der Waals surface area contributed by atoms with Gasteiger partial charge in [-0.05, 0) is 44.2 Å². The van der Waals surface area contributed by atoms with Crippen molar-refractivity contribution in [1.82, 2.24) is 14.9 Å². The molecule has 1 aliphatic rings. The van der Waals surface area contributed by atoms with Crippen LogP contribution in [0.5, 0.6) is 0 Å². The van der Waals surface area contributed by atoms with Crippen LogP contribution in [0.3, 0.4) is 0 Å². The summed E-state index contributed by atoms with van der Waals surface area (Å²) in [7, 11) is 0. The standard InChI is InChI=1S/C19H21N5O3/c1-13-11-17(18(27)21-16-5-3-15(4-6-16)14(2)26)22-19(20-13)24-9-7-23(12-25)8-10-24/h3-6,11-12H,7-10H2,1-2H3,(H,21,27). The van der Waals surface area contributed by atoms with Gasteiger partial charge in [0.2, 0.25) is 12.4 Å². The lowest BCUT2D eigenvalue weighted by molar-refractivity contribution is -0.118. The van der Waals surface area contributed by atoms with Crippen LogP contribution >= 0.6 is 0 Å². The lowest BCUT2D eigenvalue weighted by Gasteiger charge is -2.32. The van der Waals surface area contributed by atoms with Gasteiger partial charge >= 0.3 is 0 Å². The number of ketones is 1. The molecule has 1 fully saturated rings. The predicted molar refractivity (Wildman–Crippen MR) is 101 cm³/mol. The zero-order chi connectivity index (χ0) is 19.4. The molecule has 2 heterocycles. The maximum absolute atomic E-state index is 12.6. The molecule has 8 heteroatoms. The van der Waals surface area contributed by atoms with E-state index < -0.39 is 0 Å². The third-order valence-corrected chi connectivity index (χ3v) is 4.37. The highest BCUT2D eigenvalue weighted by Crippen LogP contribution is 2.15. The molecule has 1 aromatic carbocycles. The number of rotatable bonds is 5. The minimum absolute atomic E-state index is 0.0291. The minimum Gasteiger partial charge on any atom is -0.342 e. The number of Topliss-reactive ketones (excluding diaryl/α,β-unsaturated/α-hetero) is 1. The van der Waals surface area contributed by atoms with Crippen LogP contribution in [0.25, 0.3) is 0 Å². The summed E-state index contributed by atoms with van der Waals surface area (Å²) in [5, 5.41) is 2.78. The van der Waals surface area contributed by atoms with Gasteiger partial charge in [0.15, 0.2) is 5.78 Å². The number of hydrogen-bond donors (Lipinski definition) is 1. The fourth-order valence-electron chi connectivity index (χ4n) is 2.82. The smallest absolute Gasteiger partial charge is 0.274 e. The monoisotopic (exact) mass is 367 g/mol. The normalized spacial score (nSPS) is 14.0. The minimum atomic E-state index is -0.344. The first-order valence-corrected chi connectivity index (χ1v) is 8.68. The van der Waals surface area contributed by atoms with Crippen LogP contribution in [-0.2, 0) is 4.79 Å². The molecule has 0 aliphatic carbocycles. The SMILES string of the molecule is CC(=O)c1ccc(NC(=O)c2cc(C)nc(N3CCN(C=O)CC3)n2)cc1. The highest BCUT2D eigenvalue weighted by atomic mass is 16.2. The Labute approximate surface area is 157 Å². The van der Waals surface area contributed by atoms with E-state index in [1.807, 2.05) is 11.8 Å². The van der Waals surface area contributed by atoms with E-state index in [2.05, 4.69) is 15.3 Å². The first-order chi connectivity index (χ1) is 13.0. The van der Waals surface area contributed by atoms with Crippen molar-refractivity contribution >= 4 is 29.7 Å². The van der Waals surface area contributed by atoms with Crippen molar-refractivity contribution in [3.05, 3.63) is 47.3 Å². The van der Waals surface area contributed by atoms with Crippen molar-refractivity contribution in [2.45, 2.75) is 13.8 Å². The van der Waals surface area contributed by atoms with Crippen molar-refractivity contribution in [3.8, 4) is 0 Å². The lowest BCUT2D eigenvalue weighted by atomic mass is 10.1. The molecule has 0 unspecified atom stereocenters. The lowest BCUT2D eigenvalue weighted by Crippen LogP contribution is -2.46. The van der Waals surface area contributed by atoms with Gasteiger partial charge in [-0.3, -0.25) is 14.4 Å². The molecule has 0 atom stereocenters. The molecule has 2 aromatic rings. The second-order valence-electron chi connectivity index (χ2n) is 6.41. The first-order valence-electron chi connectivity index (χ1n) is 8.68. The first kappa shape index (κ1) is 18.5. The molecule has 27 heavy (non-hydrogen) atoms. The van der Waals surface area contributed by atoms with Crippen LogP contribution in [0.1, 0.15) is 33.5 Å². The topological polar surface area (TPSA) is 95.5 Å². The Morgan fingerprint density at radius 2 is 1.74 bits per heavy atom. The van der Waals surface area contributed by atoms with Crippen LogP contribution in [0, 0.1) is 6.92 Å². The molecular weight excluding hydrogens is 346 g/mol. The third-order valence-electron chi connectivity index (χ3n) is 4.37. The Bertz CT molecular complexity index is 858. The number of benzene rings is 1. The molecule has 0 saturated carbocycles. The van der Waals surface area contributed by atoms with Gasteiger partial charge in [-0.15, -0.1) is 0 Å². The molecule has 1 N–H and O–H groups in total. The molecule has 1 aromatic heterocycles. The van der Waals surface area contributed by atoms with Crippen molar-refractivity contribution in [1.29, 1.82) is 0 Å². The molecule has 8 nitrogen and oxygen atoms in total. The highest BCUT2D eigenvalue weighted by Gasteiger charge is 2.20. The number of aryl methyl sites for hydroxylation is 1. The summed E-state index contributed by atoms with van der Waals surface area (Å²) >= 11 is 0. The van der Waals surface area contributed by atoms with E-state index >= 15 is 0 Å². The van der Waals surface area contributed by atoms with E-state index in [9.17, 15) is 14.4 Å². The predicted octanol–water partition coefficient (Wildman–Crippen LogP) is 1.52. The second-order valence-corrected chi connectivity index (χ2v) is 6.41. The van der Waals surface area contributed by atoms with E-state index in [1.165, 1.54) is 6.92 Å². The fourth-order valence-corrected chi connectivity index (χ4v) is 2.82. The average Bonchev–Trinajstić information content (AvgIpc) is 2.68. The summed E-state index contributed by atoms with van der Waals surface area (Å²) in [4.78, 5) is 47.2. The Morgan fingerprint density at radius 1 is 1.07 bits per heavy atom. The van der Waals surface area contributed by atoms with E-state index in [4.69, 9.17) is 0 Å². The van der Waals surface area contributed by atoms with Crippen LogP contribution in [0.4, 0.5) is 11.6 Å². The molecule has 140 valence electrons. The van der Waals surface area contributed by atoms with Crippen molar-refractivity contribution in [3.63, 3.8) is 0 Å². The summed E-state index contributed by atoms with van der Waals surface area (Å²) < 4.78 is 0. The number of aromatic nitrogens is 2. The zero-order valence-electron chi connectivity index (χ0n) is 15.3. The Hall–Kier alpha value is -3.29. The molecule has 1 aliphatic heterocycles. The average molecular weight is 367 g/mol. The maximum atomic E-state index is 12.6. The molecule has 0 radical (unpaired) electrons. The number of nitrogens with one attached hydrogen (secondary N) is 1. The molecule has 1 saturated heterocycles. The summed E-state index contributed by atoms with van der Waals surface area (Å²) in [6.45, 7) is 5.75. The maximum Gasteiger partial charge on any atom is 0.274 e. The fraction of sp³-hybridized carbons (Fsp3) is 0.316. The summed E-state index contributed by atoms with van der Waals surface area (Å²) in [6, 6.07) is 8.33. The zero-order valence-corrected chi connectivity index (χ0v) is 15.3. The molecular formula is C19H21N5O3. The van der Waals surface area contributed by atoms with Crippen LogP contribution < -0.4 is 10.2 Å². The van der Waals surface area contributed by atoms with Gasteiger partial charge in [0.25, 0.3) is 5.91 Å². The van der Waals surface area contributed by atoms with Crippen LogP contribution in [0.15, 0.2) is 30.3 Å². The van der Waals surface area contributed by atoms with E-state index in [-0.39, 0.29) is 17.4 Å². The van der Waals surface area contributed by atoms with Crippen molar-refractivity contribution in [2.24, 2.45) is 0 Å². The van der Waals surface area contributed by atoms with Gasteiger partial charge in [0.05, 0.1) is 0 Å². The number of anilines is 2. The molecule has 0 bridgehead atoms. The van der Waals surface area contributed by atoms with Gasteiger partial charge in [0.1, 0.15) is 5.69 Å². The Kier molecular flexibility index (Phi) is 5.44.